The first-order valence-electron chi connectivity index (χ1n) is 5.87. The Morgan fingerprint density at radius 3 is 2.67 bits per heavy atom. The van der Waals surface area contributed by atoms with Gasteiger partial charge in [0.2, 0.25) is 0 Å². The Bertz CT molecular complexity index is 506. The molecule has 0 N–H and O–H groups in total. The van der Waals surface area contributed by atoms with Crippen LogP contribution in [0.2, 0.25) is 0 Å². The van der Waals surface area contributed by atoms with Gasteiger partial charge >= 0.3 is 0 Å². The minimum absolute atomic E-state index is 0.117. The summed E-state index contributed by atoms with van der Waals surface area (Å²) in [5.74, 6) is 0.771. The number of sulfone groups is 1. The molecule has 0 fully saturated rings. The number of carbonyl (C=O) groups excluding carboxylic acids is 1. The molecule has 0 spiro atoms. The van der Waals surface area contributed by atoms with Crippen LogP contribution in [0.1, 0.15) is 29.3 Å². The van der Waals surface area contributed by atoms with Gasteiger partial charge in [0.1, 0.15) is 15.6 Å². The highest BCUT2D eigenvalue weighted by Gasteiger charge is 2.08. The summed E-state index contributed by atoms with van der Waals surface area (Å²) in [6.45, 7) is 3.81. The van der Waals surface area contributed by atoms with Crippen molar-refractivity contribution in [3.63, 3.8) is 0 Å². The van der Waals surface area contributed by atoms with Crippen molar-refractivity contribution in [2.24, 2.45) is 0 Å². The van der Waals surface area contributed by atoms with Gasteiger partial charge in [0.15, 0.2) is 6.29 Å². The molecule has 0 saturated heterocycles. The summed E-state index contributed by atoms with van der Waals surface area (Å²) in [4.78, 5) is 10.8. The molecule has 0 saturated carbocycles. The molecule has 0 amide bonds. The lowest BCUT2D eigenvalue weighted by Crippen LogP contribution is -2.12. The summed E-state index contributed by atoms with van der Waals surface area (Å²) in [7, 11) is -2.95. The molecule has 0 aromatic heterocycles. The Hall–Kier alpha value is -1.36. The molecule has 0 atom stereocenters. The van der Waals surface area contributed by atoms with Crippen molar-refractivity contribution in [1.29, 1.82) is 0 Å². The third-order valence-electron chi connectivity index (χ3n) is 2.59. The molecule has 0 aliphatic heterocycles. The fraction of sp³-hybridized carbons (Fsp3) is 0.462. The lowest BCUT2D eigenvalue weighted by atomic mass is 10.1. The zero-order valence-corrected chi connectivity index (χ0v) is 11.5. The highest BCUT2D eigenvalue weighted by Crippen LogP contribution is 2.18. The van der Waals surface area contributed by atoms with Gasteiger partial charge in [0, 0.05) is 5.75 Å². The van der Waals surface area contributed by atoms with Crippen molar-refractivity contribution in [2.75, 3.05) is 18.1 Å². The van der Waals surface area contributed by atoms with E-state index < -0.39 is 9.84 Å². The van der Waals surface area contributed by atoms with E-state index in [2.05, 4.69) is 0 Å². The van der Waals surface area contributed by atoms with Gasteiger partial charge in [-0.05, 0) is 25.5 Å². The number of carbonyl (C=O) groups is 1. The number of hydrogen-bond acceptors (Lipinski definition) is 4. The lowest BCUT2D eigenvalue weighted by molar-refractivity contribution is 0.111. The quantitative estimate of drug-likeness (QED) is 0.561. The first kappa shape index (κ1) is 14.7. The zero-order valence-electron chi connectivity index (χ0n) is 10.7. The van der Waals surface area contributed by atoms with Gasteiger partial charge in [-0.3, -0.25) is 4.79 Å². The van der Waals surface area contributed by atoms with Crippen LogP contribution < -0.4 is 4.74 Å². The molecule has 0 heterocycles. The third kappa shape index (κ3) is 4.49. The Labute approximate surface area is 108 Å². The molecule has 0 aliphatic carbocycles. The van der Waals surface area contributed by atoms with Gasteiger partial charge < -0.3 is 4.74 Å². The van der Waals surface area contributed by atoms with Gasteiger partial charge in [-0.2, -0.15) is 0 Å². The molecular weight excluding hydrogens is 252 g/mol. The van der Waals surface area contributed by atoms with E-state index in [1.165, 1.54) is 0 Å². The van der Waals surface area contributed by atoms with Gasteiger partial charge in [0.05, 0.1) is 17.9 Å². The molecule has 18 heavy (non-hydrogen) atoms. The molecule has 4 nitrogen and oxygen atoms in total. The fourth-order valence-corrected chi connectivity index (χ4v) is 2.34. The van der Waals surface area contributed by atoms with E-state index >= 15 is 0 Å². The van der Waals surface area contributed by atoms with Gasteiger partial charge in [0.25, 0.3) is 0 Å². The molecule has 1 rings (SSSR count). The van der Waals surface area contributed by atoms with Crippen LogP contribution in [0.4, 0.5) is 0 Å². The molecule has 1 aromatic carbocycles. The van der Waals surface area contributed by atoms with Gasteiger partial charge in [-0.1, -0.05) is 18.6 Å². The van der Waals surface area contributed by atoms with Crippen molar-refractivity contribution in [3.05, 3.63) is 29.3 Å². The smallest absolute Gasteiger partial charge is 0.153 e. The number of rotatable bonds is 7. The molecule has 1 aromatic rings. The maximum absolute atomic E-state index is 11.3. The summed E-state index contributed by atoms with van der Waals surface area (Å²) in [5, 5.41) is 0. The molecule has 0 aliphatic rings. The van der Waals surface area contributed by atoms with E-state index in [4.69, 9.17) is 4.74 Å². The van der Waals surface area contributed by atoms with E-state index in [1.54, 1.807) is 19.1 Å². The second kappa shape index (κ2) is 6.54. The molecule has 5 heteroatoms. The molecule has 0 radical (unpaired) electrons. The number of hydrogen-bond donors (Lipinski definition) is 0. The fourth-order valence-electron chi connectivity index (χ4n) is 1.50. The maximum Gasteiger partial charge on any atom is 0.153 e. The van der Waals surface area contributed by atoms with E-state index in [-0.39, 0.29) is 11.5 Å². The number of aryl methyl sites for hydroxylation is 1. The van der Waals surface area contributed by atoms with Gasteiger partial charge in [-0.15, -0.1) is 0 Å². The largest absolute Gasteiger partial charge is 0.493 e. The van der Waals surface area contributed by atoms with Crippen LogP contribution in [0, 0.1) is 6.92 Å². The topological polar surface area (TPSA) is 60.4 Å². The second-order valence-electron chi connectivity index (χ2n) is 4.10. The summed E-state index contributed by atoms with van der Waals surface area (Å²) >= 11 is 0. The van der Waals surface area contributed by atoms with E-state index in [1.807, 2.05) is 13.0 Å². The summed E-state index contributed by atoms with van der Waals surface area (Å²) in [5.41, 5.74) is 1.48. The normalized spacial score (nSPS) is 11.2. The van der Waals surface area contributed by atoms with Gasteiger partial charge in [-0.25, -0.2) is 8.42 Å². The van der Waals surface area contributed by atoms with Crippen LogP contribution in [-0.4, -0.2) is 32.8 Å². The molecule has 0 bridgehead atoms. The third-order valence-corrected chi connectivity index (χ3v) is 4.38. The second-order valence-corrected chi connectivity index (χ2v) is 6.57. The maximum atomic E-state index is 11.3. The zero-order chi connectivity index (χ0) is 13.6. The monoisotopic (exact) mass is 270 g/mol. The average Bonchev–Trinajstić information content (AvgIpc) is 2.36. The Morgan fingerprint density at radius 2 is 2.06 bits per heavy atom. The minimum Gasteiger partial charge on any atom is -0.493 e. The summed E-state index contributed by atoms with van der Waals surface area (Å²) in [6, 6.07) is 5.32. The van der Waals surface area contributed by atoms with Crippen molar-refractivity contribution < 1.29 is 17.9 Å². The number of aldehydes is 1. The molecule has 100 valence electrons. The van der Waals surface area contributed by atoms with E-state index in [9.17, 15) is 13.2 Å². The Morgan fingerprint density at radius 1 is 1.33 bits per heavy atom. The first-order chi connectivity index (χ1) is 8.48. The predicted octanol–water partition coefficient (Wildman–Crippen LogP) is 2.01. The van der Waals surface area contributed by atoms with E-state index in [0.29, 0.717) is 24.3 Å². The highest BCUT2D eigenvalue weighted by atomic mass is 32.2. The van der Waals surface area contributed by atoms with Crippen LogP contribution in [-0.2, 0) is 9.84 Å². The number of ether oxygens (including phenoxy) is 1. The van der Waals surface area contributed by atoms with Crippen LogP contribution >= 0.6 is 0 Å². The van der Waals surface area contributed by atoms with Crippen LogP contribution in [0.15, 0.2) is 18.2 Å². The molecular formula is C13H18O4S. The first-order valence-corrected chi connectivity index (χ1v) is 7.69. The van der Waals surface area contributed by atoms with Crippen molar-refractivity contribution in [1.82, 2.24) is 0 Å². The average molecular weight is 270 g/mol. The Balaban J connectivity index is 2.52. The summed E-state index contributed by atoms with van der Waals surface area (Å²) < 4.78 is 28.0. The lowest BCUT2D eigenvalue weighted by Gasteiger charge is -2.08. The highest BCUT2D eigenvalue weighted by molar-refractivity contribution is 7.91. The predicted molar refractivity (Wildman–Crippen MR) is 71.0 cm³/mol. The standard InChI is InChI=1S/C13H18O4S/c1-3-18(15,16)8-4-7-17-13-6-5-11(2)9-12(13)10-14/h5-6,9-10H,3-4,7-8H2,1-2H3. The molecule has 0 unspecified atom stereocenters. The SMILES string of the molecule is CCS(=O)(=O)CCCOc1ccc(C)cc1C=O. The Kier molecular flexibility index (Phi) is 5.34. The van der Waals surface area contributed by atoms with Crippen molar-refractivity contribution in [3.8, 4) is 5.75 Å². The minimum atomic E-state index is -2.95. The number of benzene rings is 1. The van der Waals surface area contributed by atoms with Crippen LogP contribution in [0.25, 0.3) is 0 Å². The van der Waals surface area contributed by atoms with Crippen LogP contribution in [0.5, 0.6) is 5.75 Å². The van der Waals surface area contributed by atoms with Crippen molar-refractivity contribution >= 4 is 16.1 Å². The van der Waals surface area contributed by atoms with E-state index in [0.717, 1.165) is 11.8 Å². The summed E-state index contributed by atoms with van der Waals surface area (Å²) in [6.07, 6.45) is 1.17. The van der Waals surface area contributed by atoms with Crippen molar-refractivity contribution in [2.45, 2.75) is 20.3 Å². The van der Waals surface area contributed by atoms with Crippen LogP contribution in [0.3, 0.4) is 0 Å².